The third-order valence-corrected chi connectivity index (χ3v) is 3.94. The molecule has 5 nitrogen and oxygen atoms in total. The van der Waals surface area contributed by atoms with E-state index in [1.54, 1.807) is 0 Å². The second kappa shape index (κ2) is 8.72. The molecule has 1 heterocycles. The van der Waals surface area contributed by atoms with Crippen molar-refractivity contribution < 1.29 is 14.4 Å². The van der Waals surface area contributed by atoms with Gasteiger partial charge in [-0.2, -0.15) is 0 Å². The van der Waals surface area contributed by atoms with Gasteiger partial charge in [-0.15, -0.1) is 0 Å². The number of β-amino-alcohol motifs (C(OH)–C–C–N with tert-alkyl or cyclic N) is 1. The van der Waals surface area contributed by atoms with Crippen LogP contribution in [0.1, 0.15) is 58.6 Å². The van der Waals surface area contributed by atoms with Crippen LogP contribution in [0.3, 0.4) is 0 Å². The van der Waals surface area contributed by atoms with Crippen molar-refractivity contribution in [1.82, 2.24) is 10.5 Å². The Hall–Kier alpha value is -2.11. The molecule has 0 aliphatic heterocycles. The van der Waals surface area contributed by atoms with E-state index in [0.29, 0.717) is 12.3 Å². The Labute approximate surface area is 162 Å². The van der Waals surface area contributed by atoms with Crippen LogP contribution in [-0.4, -0.2) is 35.1 Å². The first-order valence-electron chi connectivity index (χ1n) is 9.35. The molecule has 0 aliphatic carbocycles. The Morgan fingerprint density at radius 1 is 1.15 bits per heavy atom. The van der Waals surface area contributed by atoms with E-state index < -0.39 is 6.10 Å². The monoisotopic (exact) mass is 372 g/mol. The Balaban J connectivity index is 2.00. The summed E-state index contributed by atoms with van der Waals surface area (Å²) in [7, 11) is 0. The quantitative estimate of drug-likeness (QED) is 0.760. The summed E-state index contributed by atoms with van der Waals surface area (Å²) in [6, 6.07) is 9.67. The van der Waals surface area contributed by atoms with E-state index in [1.165, 1.54) is 0 Å². The van der Waals surface area contributed by atoms with E-state index in [2.05, 4.69) is 52.0 Å². The molecule has 0 bridgehead atoms. The summed E-state index contributed by atoms with van der Waals surface area (Å²) < 4.78 is 11.2. The molecule has 0 fully saturated rings. The molecular formula is C22H32N2O3. The summed E-state index contributed by atoms with van der Waals surface area (Å²) in [5.74, 6) is 1.42. The standard InChI is InChI=1S/C22H32N2O3/c1-21(2,3)20-13-18(27-24-20)12-11-16-9-7-8-10-19(16)26-15-17(25)14-23-22(4,5)6/h7-13,17,23,25H,14-15H2,1-6H3/b12-11-. The topological polar surface area (TPSA) is 67.5 Å². The number of aliphatic hydroxyl groups excluding tert-OH is 1. The zero-order valence-corrected chi connectivity index (χ0v) is 17.2. The van der Waals surface area contributed by atoms with E-state index in [9.17, 15) is 5.11 Å². The molecule has 148 valence electrons. The normalized spacial score (nSPS) is 13.9. The molecule has 0 aliphatic rings. The molecule has 0 amide bonds. The van der Waals surface area contributed by atoms with Gasteiger partial charge in [-0.1, -0.05) is 44.1 Å². The molecular weight excluding hydrogens is 340 g/mol. The highest BCUT2D eigenvalue weighted by molar-refractivity contribution is 5.70. The molecule has 27 heavy (non-hydrogen) atoms. The Morgan fingerprint density at radius 3 is 2.48 bits per heavy atom. The van der Waals surface area contributed by atoms with Crippen molar-refractivity contribution in [2.45, 2.75) is 58.6 Å². The number of hydrogen-bond donors (Lipinski definition) is 2. The molecule has 1 aromatic heterocycles. The van der Waals surface area contributed by atoms with Crippen molar-refractivity contribution in [2.75, 3.05) is 13.2 Å². The molecule has 0 saturated carbocycles. The lowest BCUT2D eigenvalue weighted by molar-refractivity contribution is 0.0999. The summed E-state index contributed by atoms with van der Waals surface area (Å²) in [4.78, 5) is 0. The van der Waals surface area contributed by atoms with Crippen LogP contribution in [0.25, 0.3) is 12.2 Å². The summed E-state index contributed by atoms with van der Waals surface area (Å²) in [5.41, 5.74) is 1.75. The number of nitrogens with one attached hydrogen (secondary N) is 1. The summed E-state index contributed by atoms with van der Waals surface area (Å²) in [6.07, 6.45) is 3.23. The molecule has 1 aromatic carbocycles. The number of para-hydroxylation sites is 1. The third-order valence-electron chi connectivity index (χ3n) is 3.94. The maximum absolute atomic E-state index is 10.1. The van der Waals surface area contributed by atoms with Crippen LogP contribution in [0, 0.1) is 0 Å². The smallest absolute Gasteiger partial charge is 0.159 e. The van der Waals surface area contributed by atoms with Crippen LogP contribution in [0.2, 0.25) is 0 Å². The summed E-state index contributed by atoms with van der Waals surface area (Å²) >= 11 is 0. The number of nitrogens with zero attached hydrogens (tertiary/aromatic N) is 1. The van der Waals surface area contributed by atoms with E-state index in [-0.39, 0.29) is 17.6 Å². The van der Waals surface area contributed by atoms with E-state index >= 15 is 0 Å². The van der Waals surface area contributed by atoms with Crippen molar-refractivity contribution in [2.24, 2.45) is 0 Å². The second-order valence-corrected chi connectivity index (χ2v) is 8.83. The van der Waals surface area contributed by atoms with Crippen molar-refractivity contribution in [3.05, 3.63) is 47.3 Å². The predicted molar refractivity (Wildman–Crippen MR) is 110 cm³/mol. The van der Waals surface area contributed by atoms with Crippen LogP contribution in [-0.2, 0) is 5.41 Å². The fourth-order valence-corrected chi connectivity index (χ4v) is 2.31. The second-order valence-electron chi connectivity index (χ2n) is 8.83. The van der Waals surface area contributed by atoms with Gasteiger partial charge in [-0.3, -0.25) is 0 Å². The minimum Gasteiger partial charge on any atom is -0.490 e. The van der Waals surface area contributed by atoms with Crippen LogP contribution < -0.4 is 10.1 Å². The van der Waals surface area contributed by atoms with Gasteiger partial charge in [0, 0.05) is 29.1 Å². The zero-order valence-electron chi connectivity index (χ0n) is 17.2. The largest absolute Gasteiger partial charge is 0.490 e. The molecule has 1 unspecified atom stereocenters. The Bertz CT molecular complexity index is 751. The average Bonchev–Trinajstić information content (AvgIpc) is 3.05. The average molecular weight is 373 g/mol. The number of rotatable bonds is 7. The Kier molecular flexibility index (Phi) is 6.84. The number of aromatic nitrogens is 1. The van der Waals surface area contributed by atoms with E-state index in [1.807, 2.05) is 42.5 Å². The lowest BCUT2D eigenvalue weighted by atomic mass is 9.92. The Morgan fingerprint density at radius 2 is 1.85 bits per heavy atom. The van der Waals surface area contributed by atoms with Gasteiger partial charge in [0.1, 0.15) is 18.5 Å². The number of ether oxygens (including phenoxy) is 1. The van der Waals surface area contributed by atoms with Crippen LogP contribution in [0.4, 0.5) is 0 Å². The van der Waals surface area contributed by atoms with Crippen molar-refractivity contribution in [3.8, 4) is 5.75 Å². The summed E-state index contributed by atoms with van der Waals surface area (Å²) in [6.45, 7) is 13.2. The lowest BCUT2D eigenvalue weighted by Crippen LogP contribution is -2.42. The van der Waals surface area contributed by atoms with Gasteiger partial charge in [-0.05, 0) is 39.0 Å². The number of hydrogen-bond acceptors (Lipinski definition) is 5. The van der Waals surface area contributed by atoms with Gasteiger partial charge in [0.05, 0.1) is 5.69 Å². The van der Waals surface area contributed by atoms with Crippen molar-refractivity contribution >= 4 is 12.2 Å². The molecule has 0 spiro atoms. The molecule has 0 radical (unpaired) electrons. The van der Waals surface area contributed by atoms with Crippen LogP contribution >= 0.6 is 0 Å². The van der Waals surface area contributed by atoms with Gasteiger partial charge in [0.25, 0.3) is 0 Å². The fraction of sp³-hybridized carbons (Fsp3) is 0.500. The zero-order chi connectivity index (χ0) is 20.1. The molecule has 2 N–H and O–H groups in total. The predicted octanol–water partition coefficient (Wildman–Crippen LogP) is 4.27. The van der Waals surface area contributed by atoms with Gasteiger partial charge in [-0.25, -0.2) is 0 Å². The highest BCUT2D eigenvalue weighted by Gasteiger charge is 2.18. The van der Waals surface area contributed by atoms with E-state index in [4.69, 9.17) is 9.26 Å². The molecule has 2 aromatic rings. The number of aliphatic hydroxyl groups is 1. The summed E-state index contributed by atoms with van der Waals surface area (Å²) in [5, 5.41) is 17.5. The highest BCUT2D eigenvalue weighted by atomic mass is 16.5. The molecule has 0 saturated heterocycles. The van der Waals surface area contributed by atoms with Gasteiger partial charge in [0.2, 0.25) is 0 Å². The lowest BCUT2D eigenvalue weighted by Gasteiger charge is -2.23. The first-order valence-corrected chi connectivity index (χ1v) is 9.35. The maximum atomic E-state index is 10.1. The number of benzene rings is 1. The van der Waals surface area contributed by atoms with Gasteiger partial charge in [0.15, 0.2) is 5.76 Å². The van der Waals surface area contributed by atoms with E-state index in [0.717, 1.165) is 17.0 Å². The van der Waals surface area contributed by atoms with Gasteiger partial charge >= 0.3 is 0 Å². The minimum atomic E-state index is -0.579. The maximum Gasteiger partial charge on any atom is 0.159 e. The first kappa shape index (κ1) is 21.2. The fourth-order valence-electron chi connectivity index (χ4n) is 2.31. The van der Waals surface area contributed by atoms with Crippen molar-refractivity contribution in [3.63, 3.8) is 0 Å². The first-order chi connectivity index (χ1) is 12.5. The molecule has 2 rings (SSSR count). The van der Waals surface area contributed by atoms with Crippen LogP contribution in [0.15, 0.2) is 34.9 Å². The third kappa shape index (κ3) is 7.19. The SMILES string of the molecule is CC(C)(C)NCC(O)COc1ccccc1/C=C\c1cc(C(C)(C)C)no1. The molecule has 5 heteroatoms. The van der Waals surface area contributed by atoms with Crippen LogP contribution in [0.5, 0.6) is 5.75 Å². The van der Waals surface area contributed by atoms with Gasteiger partial charge < -0.3 is 19.7 Å². The molecule has 1 atom stereocenters. The highest BCUT2D eigenvalue weighted by Crippen LogP contribution is 2.24. The van der Waals surface area contributed by atoms with Crippen molar-refractivity contribution in [1.29, 1.82) is 0 Å². The minimum absolute atomic E-state index is 0.0371.